The Morgan fingerprint density at radius 3 is 2.67 bits per heavy atom. The first-order chi connectivity index (χ1) is 14.6. The summed E-state index contributed by atoms with van der Waals surface area (Å²) in [7, 11) is 0. The maximum absolute atomic E-state index is 13.0. The van der Waals surface area contributed by atoms with E-state index >= 15 is 0 Å². The van der Waals surface area contributed by atoms with E-state index in [0.717, 1.165) is 5.69 Å². The Labute approximate surface area is 174 Å². The van der Waals surface area contributed by atoms with Crippen LogP contribution in [0.15, 0.2) is 51.5 Å². The van der Waals surface area contributed by atoms with Crippen molar-refractivity contribution in [3.63, 3.8) is 0 Å². The number of aromatic amines is 1. The van der Waals surface area contributed by atoms with Crippen molar-refractivity contribution in [3.8, 4) is 0 Å². The first-order valence-corrected chi connectivity index (χ1v) is 10.4. The van der Waals surface area contributed by atoms with Crippen molar-refractivity contribution in [1.82, 2.24) is 29.4 Å². The van der Waals surface area contributed by atoms with Crippen molar-refractivity contribution in [2.75, 3.05) is 26.2 Å². The summed E-state index contributed by atoms with van der Waals surface area (Å²) in [5.74, 6) is -0.196. The van der Waals surface area contributed by atoms with Crippen LogP contribution in [-0.4, -0.2) is 61.5 Å². The molecule has 3 aromatic heterocycles. The van der Waals surface area contributed by atoms with Crippen LogP contribution in [0, 0.1) is 0 Å². The molecular formula is C20H18N6O3S. The van der Waals surface area contributed by atoms with E-state index < -0.39 is 0 Å². The van der Waals surface area contributed by atoms with E-state index in [1.165, 1.54) is 15.7 Å². The number of piperazine rings is 1. The highest BCUT2D eigenvalue weighted by Crippen LogP contribution is 2.16. The number of carbonyl (C=O) groups excluding carboxylic acids is 1. The molecule has 152 valence electrons. The van der Waals surface area contributed by atoms with Gasteiger partial charge in [-0.15, -0.1) is 11.3 Å². The van der Waals surface area contributed by atoms with E-state index in [9.17, 15) is 14.4 Å². The first-order valence-electron chi connectivity index (χ1n) is 9.55. The Hall–Kier alpha value is -3.37. The highest BCUT2D eigenvalue weighted by atomic mass is 32.1. The summed E-state index contributed by atoms with van der Waals surface area (Å²) in [6, 6.07) is 8.54. The van der Waals surface area contributed by atoms with Crippen LogP contribution in [0.25, 0.3) is 15.7 Å². The Morgan fingerprint density at radius 2 is 1.87 bits per heavy atom. The van der Waals surface area contributed by atoms with Crippen LogP contribution in [0.3, 0.4) is 0 Å². The fraction of sp³-hybridized carbons (Fsp3) is 0.250. The molecule has 5 rings (SSSR count). The summed E-state index contributed by atoms with van der Waals surface area (Å²) >= 11 is 1.43. The third kappa shape index (κ3) is 3.29. The van der Waals surface area contributed by atoms with Gasteiger partial charge in [0.1, 0.15) is 0 Å². The van der Waals surface area contributed by atoms with E-state index in [4.69, 9.17) is 0 Å². The number of fused-ring (bicyclic) bond motifs is 2. The molecule has 0 aliphatic carbocycles. The maximum Gasteiger partial charge on any atom is 0.275 e. The number of aromatic nitrogens is 4. The molecule has 0 radical (unpaired) electrons. The number of nitrogens with one attached hydrogen (secondary N) is 1. The second kappa shape index (κ2) is 7.47. The molecule has 1 aliphatic heterocycles. The summed E-state index contributed by atoms with van der Waals surface area (Å²) in [5.41, 5.74) is 0.603. The van der Waals surface area contributed by atoms with E-state index in [2.05, 4.69) is 20.1 Å². The van der Waals surface area contributed by atoms with Gasteiger partial charge in [-0.3, -0.25) is 23.7 Å². The van der Waals surface area contributed by atoms with Crippen molar-refractivity contribution in [1.29, 1.82) is 0 Å². The van der Waals surface area contributed by atoms with Crippen LogP contribution in [0.4, 0.5) is 0 Å². The van der Waals surface area contributed by atoms with Crippen molar-refractivity contribution in [3.05, 3.63) is 74.0 Å². The minimum absolute atomic E-state index is 0.0823. The van der Waals surface area contributed by atoms with Gasteiger partial charge in [-0.05, 0) is 6.07 Å². The Bertz CT molecular complexity index is 1370. The van der Waals surface area contributed by atoms with Gasteiger partial charge in [0.2, 0.25) is 0 Å². The zero-order chi connectivity index (χ0) is 20.7. The third-order valence-electron chi connectivity index (χ3n) is 5.30. The molecule has 30 heavy (non-hydrogen) atoms. The van der Waals surface area contributed by atoms with Crippen LogP contribution < -0.4 is 11.1 Å². The minimum Gasteiger partial charge on any atom is -0.335 e. The smallest absolute Gasteiger partial charge is 0.275 e. The topological polar surface area (TPSA) is 104 Å². The van der Waals surface area contributed by atoms with Crippen LogP contribution in [0.1, 0.15) is 16.2 Å². The van der Waals surface area contributed by atoms with Gasteiger partial charge >= 0.3 is 0 Å². The number of nitrogens with zero attached hydrogens (tertiary/aromatic N) is 5. The highest BCUT2D eigenvalue weighted by Gasteiger charge is 2.25. The van der Waals surface area contributed by atoms with Gasteiger partial charge in [-0.1, -0.05) is 18.2 Å². The van der Waals surface area contributed by atoms with Gasteiger partial charge in [-0.2, -0.15) is 5.10 Å². The standard InChI is InChI=1S/C20H18N6O3S/c27-16-11-13(21-20-26(16)9-10-30-20)12-24-5-7-25(8-6-24)19(29)17-14-3-1-2-4-15(14)18(28)23-22-17/h1-4,9-11H,5-8,12H2,(H,23,28). The largest absolute Gasteiger partial charge is 0.335 e. The number of H-pyrrole nitrogens is 1. The average Bonchev–Trinajstić information content (AvgIpc) is 3.24. The predicted molar refractivity (Wildman–Crippen MR) is 113 cm³/mol. The van der Waals surface area contributed by atoms with E-state index in [1.54, 1.807) is 41.4 Å². The van der Waals surface area contributed by atoms with Crippen LogP contribution in [0.2, 0.25) is 0 Å². The molecule has 0 spiro atoms. The first kappa shape index (κ1) is 18.6. The Balaban J connectivity index is 1.30. The fourth-order valence-corrected chi connectivity index (χ4v) is 4.47. The van der Waals surface area contributed by atoms with Crippen LogP contribution >= 0.6 is 11.3 Å². The molecule has 10 heteroatoms. The quantitative estimate of drug-likeness (QED) is 0.527. The van der Waals surface area contributed by atoms with Crippen LogP contribution in [-0.2, 0) is 6.54 Å². The van der Waals surface area contributed by atoms with Crippen molar-refractivity contribution >= 4 is 33.0 Å². The second-order valence-electron chi connectivity index (χ2n) is 7.16. The highest BCUT2D eigenvalue weighted by molar-refractivity contribution is 7.15. The zero-order valence-corrected chi connectivity index (χ0v) is 16.8. The molecule has 1 amide bonds. The van der Waals surface area contributed by atoms with Gasteiger partial charge in [0, 0.05) is 55.8 Å². The third-order valence-corrected chi connectivity index (χ3v) is 6.06. The maximum atomic E-state index is 13.0. The number of thiazole rings is 1. The summed E-state index contributed by atoms with van der Waals surface area (Å²) in [4.78, 5) is 46.3. The van der Waals surface area contributed by atoms with Crippen molar-refractivity contribution in [2.24, 2.45) is 0 Å². The summed E-state index contributed by atoms with van der Waals surface area (Å²) in [5, 5.41) is 9.29. The van der Waals surface area contributed by atoms with Crippen molar-refractivity contribution in [2.45, 2.75) is 6.54 Å². The molecule has 0 saturated carbocycles. The zero-order valence-electron chi connectivity index (χ0n) is 15.9. The summed E-state index contributed by atoms with van der Waals surface area (Å²) in [6.45, 7) is 2.96. The van der Waals surface area contributed by atoms with Gasteiger partial charge in [-0.25, -0.2) is 10.1 Å². The van der Waals surface area contributed by atoms with E-state index in [1.807, 2.05) is 5.38 Å². The predicted octanol–water partition coefficient (Wildman–Crippen LogP) is 0.950. The normalized spacial score (nSPS) is 15.1. The second-order valence-corrected chi connectivity index (χ2v) is 8.03. The van der Waals surface area contributed by atoms with Crippen LogP contribution in [0.5, 0.6) is 0 Å². The molecule has 1 aliphatic rings. The lowest BCUT2D eigenvalue weighted by atomic mass is 10.1. The molecule has 1 aromatic carbocycles. The monoisotopic (exact) mass is 422 g/mol. The number of rotatable bonds is 3. The molecule has 1 N–H and O–H groups in total. The molecule has 4 aromatic rings. The SMILES string of the molecule is O=C(c1n[nH]c(=O)c2ccccc12)N1CCN(Cc2cc(=O)n3ccsc3n2)CC1. The lowest BCUT2D eigenvalue weighted by Crippen LogP contribution is -2.48. The fourth-order valence-electron chi connectivity index (χ4n) is 3.73. The lowest BCUT2D eigenvalue weighted by molar-refractivity contribution is 0.0622. The molecule has 0 bridgehead atoms. The van der Waals surface area contributed by atoms with Gasteiger partial charge in [0.15, 0.2) is 10.7 Å². The summed E-state index contributed by atoms with van der Waals surface area (Å²) < 4.78 is 1.53. The molecule has 1 saturated heterocycles. The lowest BCUT2D eigenvalue weighted by Gasteiger charge is -2.34. The number of amides is 1. The van der Waals surface area contributed by atoms with E-state index in [0.29, 0.717) is 48.5 Å². The molecule has 9 nitrogen and oxygen atoms in total. The number of benzene rings is 1. The summed E-state index contributed by atoms with van der Waals surface area (Å²) in [6.07, 6.45) is 1.72. The van der Waals surface area contributed by atoms with Gasteiger partial charge < -0.3 is 4.90 Å². The number of hydrogen-bond donors (Lipinski definition) is 1. The Kier molecular flexibility index (Phi) is 4.64. The molecule has 0 atom stereocenters. The number of hydrogen-bond acceptors (Lipinski definition) is 7. The average molecular weight is 422 g/mol. The van der Waals surface area contributed by atoms with Crippen molar-refractivity contribution < 1.29 is 4.79 Å². The number of carbonyl (C=O) groups is 1. The molecule has 0 unspecified atom stereocenters. The Morgan fingerprint density at radius 1 is 1.10 bits per heavy atom. The molecule has 4 heterocycles. The molecule has 1 fully saturated rings. The van der Waals surface area contributed by atoms with Gasteiger partial charge in [0.25, 0.3) is 17.0 Å². The van der Waals surface area contributed by atoms with Gasteiger partial charge in [0.05, 0.1) is 11.1 Å². The van der Waals surface area contributed by atoms with E-state index in [-0.39, 0.29) is 22.7 Å². The minimum atomic E-state index is -0.307. The molecular weight excluding hydrogens is 404 g/mol.